The molecular formula is C23H29ClN2OS. The molecule has 0 saturated carbocycles. The first kappa shape index (κ1) is 21.2. The quantitative estimate of drug-likeness (QED) is 0.447. The van der Waals surface area contributed by atoms with Crippen LogP contribution in [-0.4, -0.2) is 37.0 Å². The number of halogens is 1. The standard InChI is InChI=1S/C23H29ClN2OS/c24-21-10-12-22(13-11-21)28-18-19-6-8-20(9-7-19)23(27)25-14-5-17-26-15-3-1-2-4-16-26/h6-13H,1-5,14-18H2,(H,25,27). The Bertz CT molecular complexity index is 725. The molecule has 2 aromatic rings. The summed E-state index contributed by atoms with van der Waals surface area (Å²) < 4.78 is 0. The number of likely N-dealkylation sites (tertiary alicyclic amines) is 1. The van der Waals surface area contributed by atoms with Crippen molar-refractivity contribution in [1.29, 1.82) is 0 Å². The van der Waals surface area contributed by atoms with Crippen molar-refractivity contribution in [2.75, 3.05) is 26.2 Å². The van der Waals surface area contributed by atoms with Gasteiger partial charge in [0.25, 0.3) is 5.91 Å². The molecule has 3 rings (SSSR count). The van der Waals surface area contributed by atoms with E-state index in [4.69, 9.17) is 11.6 Å². The predicted octanol–water partition coefficient (Wildman–Crippen LogP) is 5.63. The molecule has 1 saturated heterocycles. The number of carbonyl (C=O) groups is 1. The molecule has 1 fully saturated rings. The summed E-state index contributed by atoms with van der Waals surface area (Å²) in [4.78, 5) is 16.1. The average Bonchev–Trinajstić information content (AvgIpc) is 3.00. The van der Waals surface area contributed by atoms with E-state index < -0.39 is 0 Å². The van der Waals surface area contributed by atoms with Crippen molar-refractivity contribution in [3.8, 4) is 0 Å². The van der Waals surface area contributed by atoms with Crippen LogP contribution in [0.15, 0.2) is 53.4 Å². The highest BCUT2D eigenvalue weighted by atomic mass is 35.5. The van der Waals surface area contributed by atoms with Gasteiger partial charge in [0.2, 0.25) is 0 Å². The van der Waals surface area contributed by atoms with Gasteiger partial charge in [-0.3, -0.25) is 4.79 Å². The number of rotatable bonds is 8. The maximum atomic E-state index is 12.3. The SMILES string of the molecule is O=C(NCCCN1CCCCCC1)c1ccc(CSc2ccc(Cl)cc2)cc1. The molecule has 1 heterocycles. The van der Waals surface area contributed by atoms with Crippen LogP contribution in [0, 0.1) is 0 Å². The summed E-state index contributed by atoms with van der Waals surface area (Å²) in [5, 5.41) is 3.81. The van der Waals surface area contributed by atoms with E-state index in [0.29, 0.717) is 0 Å². The summed E-state index contributed by atoms with van der Waals surface area (Å²) in [6.07, 6.45) is 6.37. The number of amides is 1. The lowest BCUT2D eigenvalue weighted by atomic mass is 10.1. The van der Waals surface area contributed by atoms with Gasteiger partial charge in [-0.15, -0.1) is 11.8 Å². The van der Waals surface area contributed by atoms with Gasteiger partial charge in [0, 0.05) is 27.8 Å². The number of thioether (sulfide) groups is 1. The molecule has 2 aromatic carbocycles. The third-order valence-electron chi connectivity index (χ3n) is 5.07. The van der Waals surface area contributed by atoms with Crippen molar-refractivity contribution in [3.63, 3.8) is 0 Å². The van der Waals surface area contributed by atoms with Gasteiger partial charge in [-0.2, -0.15) is 0 Å². The highest BCUT2D eigenvalue weighted by Gasteiger charge is 2.09. The minimum absolute atomic E-state index is 0.0211. The Morgan fingerprint density at radius 2 is 1.64 bits per heavy atom. The van der Waals surface area contributed by atoms with Crippen molar-refractivity contribution in [2.24, 2.45) is 0 Å². The number of hydrogen-bond acceptors (Lipinski definition) is 3. The molecule has 3 nitrogen and oxygen atoms in total. The number of carbonyl (C=O) groups excluding carboxylic acids is 1. The zero-order valence-corrected chi connectivity index (χ0v) is 17.9. The lowest BCUT2D eigenvalue weighted by molar-refractivity contribution is 0.0951. The Labute approximate surface area is 177 Å². The van der Waals surface area contributed by atoms with Crippen LogP contribution in [0.4, 0.5) is 0 Å². The smallest absolute Gasteiger partial charge is 0.251 e. The van der Waals surface area contributed by atoms with Crippen molar-refractivity contribution in [2.45, 2.75) is 42.8 Å². The maximum absolute atomic E-state index is 12.3. The number of nitrogens with zero attached hydrogens (tertiary/aromatic N) is 1. The molecule has 0 aliphatic carbocycles. The van der Waals surface area contributed by atoms with E-state index in [0.717, 1.165) is 35.8 Å². The van der Waals surface area contributed by atoms with Gasteiger partial charge in [0.05, 0.1) is 0 Å². The number of nitrogens with one attached hydrogen (secondary N) is 1. The first-order valence-corrected chi connectivity index (χ1v) is 11.5. The Morgan fingerprint density at radius 1 is 0.964 bits per heavy atom. The van der Waals surface area contributed by atoms with Crippen LogP contribution >= 0.6 is 23.4 Å². The molecule has 150 valence electrons. The summed E-state index contributed by atoms with van der Waals surface area (Å²) in [5.41, 5.74) is 1.94. The van der Waals surface area contributed by atoms with E-state index >= 15 is 0 Å². The zero-order valence-electron chi connectivity index (χ0n) is 16.3. The van der Waals surface area contributed by atoms with Crippen LogP contribution in [0.1, 0.15) is 48.0 Å². The maximum Gasteiger partial charge on any atom is 0.251 e. The van der Waals surface area contributed by atoms with Gasteiger partial charge in [0.1, 0.15) is 0 Å². The third-order valence-corrected chi connectivity index (χ3v) is 6.41. The molecule has 28 heavy (non-hydrogen) atoms. The fourth-order valence-corrected chi connectivity index (χ4v) is 4.40. The van der Waals surface area contributed by atoms with Crippen LogP contribution in [0.3, 0.4) is 0 Å². The van der Waals surface area contributed by atoms with Gasteiger partial charge in [0.15, 0.2) is 0 Å². The average molecular weight is 417 g/mol. The van der Waals surface area contributed by atoms with Crippen LogP contribution < -0.4 is 5.32 Å². The minimum atomic E-state index is 0.0211. The molecule has 0 aromatic heterocycles. The van der Waals surface area contributed by atoms with Gasteiger partial charge in [-0.25, -0.2) is 0 Å². The molecule has 0 unspecified atom stereocenters. The second kappa shape index (κ2) is 11.5. The van der Waals surface area contributed by atoms with Gasteiger partial charge in [-0.1, -0.05) is 36.6 Å². The molecule has 0 atom stereocenters. The molecule has 1 aliphatic rings. The third kappa shape index (κ3) is 7.16. The number of benzene rings is 2. The first-order valence-electron chi connectivity index (χ1n) is 10.2. The summed E-state index contributed by atoms with van der Waals surface area (Å²) in [5.74, 6) is 0.895. The summed E-state index contributed by atoms with van der Waals surface area (Å²) in [7, 11) is 0. The van der Waals surface area contributed by atoms with Crippen molar-refractivity contribution < 1.29 is 4.79 Å². The summed E-state index contributed by atoms with van der Waals surface area (Å²) in [6.45, 7) is 4.25. The van der Waals surface area contributed by atoms with E-state index in [1.807, 2.05) is 48.5 Å². The Hall–Kier alpha value is -1.49. The topological polar surface area (TPSA) is 32.3 Å². The lowest BCUT2D eigenvalue weighted by Gasteiger charge is -2.19. The Morgan fingerprint density at radius 3 is 2.32 bits per heavy atom. The lowest BCUT2D eigenvalue weighted by Crippen LogP contribution is -2.30. The van der Waals surface area contributed by atoms with E-state index in [1.54, 1.807) is 11.8 Å². The highest BCUT2D eigenvalue weighted by molar-refractivity contribution is 7.98. The van der Waals surface area contributed by atoms with Crippen molar-refractivity contribution in [1.82, 2.24) is 10.2 Å². The molecule has 0 radical (unpaired) electrons. The van der Waals surface area contributed by atoms with E-state index in [9.17, 15) is 4.79 Å². The van der Waals surface area contributed by atoms with Crippen LogP contribution in [0.2, 0.25) is 5.02 Å². The van der Waals surface area contributed by atoms with E-state index in [2.05, 4.69) is 10.2 Å². The Balaban J connectivity index is 1.37. The molecule has 0 bridgehead atoms. The summed E-state index contributed by atoms with van der Waals surface area (Å²) in [6, 6.07) is 15.8. The normalized spacial score (nSPS) is 15.2. The molecule has 1 amide bonds. The predicted molar refractivity (Wildman–Crippen MR) is 119 cm³/mol. The molecule has 1 aliphatic heterocycles. The summed E-state index contributed by atoms with van der Waals surface area (Å²) >= 11 is 7.68. The van der Waals surface area contributed by atoms with Gasteiger partial charge >= 0.3 is 0 Å². The zero-order chi connectivity index (χ0) is 19.6. The minimum Gasteiger partial charge on any atom is -0.352 e. The fourth-order valence-electron chi connectivity index (χ4n) is 3.42. The van der Waals surface area contributed by atoms with Crippen LogP contribution in [0.25, 0.3) is 0 Å². The molecule has 1 N–H and O–H groups in total. The second-order valence-electron chi connectivity index (χ2n) is 7.30. The van der Waals surface area contributed by atoms with Gasteiger partial charge < -0.3 is 10.2 Å². The Kier molecular flexibility index (Phi) is 8.71. The monoisotopic (exact) mass is 416 g/mol. The largest absolute Gasteiger partial charge is 0.352 e. The fraction of sp³-hybridized carbons (Fsp3) is 0.435. The van der Waals surface area contributed by atoms with E-state index in [-0.39, 0.29) is 5.91 Å². The molecule has 0 spiro atoms. The van der Waals surface area contributed by atoms with Crippen molar-refractivity contribution >= 4 is 29.3 Å². The van der Waals surface area contributed by atoms with E-state index in [1.165, 1.54) is 49.2 Å². The van der Waals surface area contributed by atoms with Crippen molar-refractivity contribution in [3.05, 3.63) is 64.7 Å². The molecular weight excluding hydrogens is 388 g/mol. The number of hydrogen-bond donors (Lipinski definition) is 1. The molecule has 5 heteroatoms. The van der Waals surface area contributed by atoms with Gasteiger partial charge in [-0.05, 0) is 80.9 Å². The van der Waals surface area contributed by atoms with Crippen LogP contribution in [-0.2, 0) is 5.75 Å². The first-order chi connectivity index (χ1) is 13.7. The van der Waals surface area contributed by atoms with Crippen LogP contribution in [0.5, 0.6) is 0 Å². The second-order valence-corrected chi connectivity index (χ2v) is 8.79. The highest BCUT2D eigenvalue weighted by Crippen LogP contribution is 2.24.